The average molecular weight is 368 g/mol. The number of anilines is 2. The second-order valence-electron chi connectivity index (χ2n) is 6.83. The Kier molecular flexibility index (Phi) is 6.54. The number of nitrogens with zero attached hydrogens (tertiary/aromatic N) is 2. The number of benzene rings is 2. The topological polar surface area (TPSA) is 56.8 Å². The minimum Gasteiger partial charge on any atom is -0.491 e. The Labute approximate surface area is 161 Å². The number of hydrogen-bond acceptors (Lipinski definition) is 4. The molecule has 2 aromatic rings. The van der Waals surface area contributed by atoms with Crippen molar-refractivity contribution < 1.29 is 9.53 Å². The summed E-state index contributed by atoms with van der Waals surface area (Å²) in [4.78, 5) is 16.7. The van der Waals surface area contributed by atoms with E-state index in [1.807, 2.05) is 43.3 Å². The van der Waals surface area contributed by atoms with E-state index < -0.39 is 0 Å². The van der Waals surface area contributed by atoms with Crippen molar-refractivity contribution in [2.45, 2.75) is 6.92 Å². The van der Waals surface area contributed by atoms with E-state index in [9.17, 15) is 4.79 Å². The summed E-state index contributed by atoms with van der Waals surface area (Å²) < 4.78 is 5.68. The van der Waals surface area contributed by atoms with Crippen molar-refractivity contribution in [1.82, 2.24) is 10.2 Å². The lowest BCUT2D eigenvalue weighted by molar-refractivity contribution is 0.247. The van der Waals surface area contributed by atoms with Gasteiger partial charge in [-0.2, -0.15) is 0 Å². The molecule has 0 atom stereocenters. The highest BCUT2D eigenvalue weighted by Gasteiger charge is 2.14. The maximum atomic E-state index is 12.0. The van der Waals surface area contributed by atoms with Crippen LogP contribution in [0.4, 0.5) is 16.2 Å². The summed E-state index contributed by atoms with van der Waals surface area (Å²) in [5.41, 5.74) is 3.06. The molecule has 0 radical (unpaired) electrons. The van der Waals surface area contributed by atoms with Crippen LogP contribution in [0.2, 0.25) is 0 Å². The van der Waals surface area contributed by atoms with Crippen molar-refractivity contribution in [2.75, 3.05) is 56.6 Å². The van der Waals surface area contributed by atoms with Crippen LogP contribution in [0.5, 0.6) is 5.75 Å². The van der Waals surface area contributed by atoms with Crippen molar-refractivity contribution in [2.24, 2.45) is 0 Å². The van der Waals surface area contributed by atoms with E-state index >= 15 is 0 Å². The second-order valence-corrected chi connectivity index (χ2v) is 6.83. The Balaban J connectivity index is 1.39. The van der Waals surface area contributed by atoms with Gasteiger partial charge in [0.25, 0.3) is 0 Å². The largest absolute Gasteiger partial charge is 0.491 e. The summed E-state index contributed by atoms with van der Waals surface area (Å²) in [6.45, 7) is 7.09. The number of rotatable bonds is 6. The fourth-order valence-electron chi connectivity index (χ4n) is 3.04. The molecule has 1 fully saturated rings. The Morgan fingerprint density at radius 2 is 1.74 bits per heavy atom. The number of ether oxygens (including phenoxy) is 1. The van der Waals surface area contributed by atoms with Gasteiger partial charge in [-0.15, -0.1) is 0 Å². The van der Waals surface area contributed by atoms with Crippen LogP contribution in [-0.2, 0) is 0 Å². The summed E-state index contributed by atoms with van der Waals surface area (Å²) in [6.07, 6.45) is 0. The smallest absolute Gasteiger partial charge is 0.319 e. The minimum atomic E-state index is -0.226. The molecule has 1 aliphatic rings. The van der Waals surface area contributed by atoms with Crippen molar-refractivity contribution in [3.05, 3.63) is 54.1 Å². The standard InChI is InChI=1S/C21H28N4O2/c1-17-5-3-4-6-20(17)27-16-11-22-21(26)23-18-7-9-19(10-8-18)25-14-12-24(2)13-15-25/h3-10H,11-16H2,1-2H3,(H2,22,23,26). The normalized spacial score (nSPS) is 14.7. The molecule has 1 heterocycles. The van der Waals surface area contributed by atoms with Gasteiger partial charge >= 0.3 is 6.03 Å². The third kappa shape index (κ3) is 5.62. The first-order valence-corrected chi connectivity index (χ1v) is 9.38. The molecule has 1 aliphatic heterocycles. The van der Waals surface area contributed by atoms with Gasteiger partial charge in [0.15, 0.2) is 0 Å². The number of urea groups is 1. The first-order valence-electron chi connectivity index (χ1n) is 9.38. The highest BCUT2D eigenvalue weighted by atomic mass is 16.5. The number of carbonyl (C=O) groups is 1. The Morgan fingerprint density at radius 1 is 1.04 bits per heavy atom. The van der Waals surface area contributed by atoms with Gasteiger partial charge in [-0.3, -0.25) is 0 Å². The summed E-state index contributed by atoms with van der Waals surface area (Å²) in [7, 11) is 2.15. The molecule has 2 amide bonds. The molecule has 0 aliphatic carbocycles. The lowest BCUT2D eigenvalue weighted by Gasteiger charge is -2.34. The molecule has 144 valence electrons. The van der Waals surface area contributed by atoms with E-state index in [1.165, 1.54) is 5.69 Å². The zero-order valence-electron chi connectivity index (χ0n) is 16.1. The number of amides is 2. The van der Waals surface area contributed by atoms with Crippen LogP contribution in [0.25, 0.3) is 0 Å². The van der Waals surface area contributed by atoms with Gasteiger partial charge in [-0.25, -0.2) is 4.79 Å². The Bertz CT molecular complexity index is 740. The molecule has 3 rings (SSSR count). The highest BCUT2D eigenvalue weighted by molar-refractivity contribution is 5.89. The quantitative estimate of drug-likeness (QED) is 0.770. The number of likely N-dealkylation sites (N-methyl/N-ethyl adjacent to an activating group) is 1. The molecule has 0 bridgehead atoms. The summed E-state index contributed by atoms with van der Waals surface area (Å²) >= 11 is 0. The van der Waals surface area contributed by atoms with E-state index in [0.29, 0.717) is 13.2 Å². The predicted molar refractivity (Wildman–Crippen MR) is 110 cm³/mol. The molecule has 2 N–H and O–H groups in total. The van der Waals surface area contributed by atoms with Gasteiger partial charge in [0.05, 0.1) is 6.54 Å². The van der Waals surface area contributed by atoms with E-state index in [2.05, 4.69) is 39.6 Å². The van der Waals surface area contributed by atoms with Crippen LogP contribution in [-0.4, -0.2) is 57.3 Å². The lowest BCUT2D eigenvalue weighted by Crippen LogP contribution is -2.44. The third-order valence-corrected chi connectivity index (χ3v) is 4.73. The van der Waals surface area contributed by atoms with Gasteiger partial charge in [-0.05, 0) is 49.9 Å². The number of para-hydroxylation sites is 1. The van der Waals surface area contributed by atoms with Gasteiger partial charge in [-0.1, -0.05) is 18.2 Å². The zero-order chi connectivity index (χ0) is 19.1. The number of nitrogens with one attached hydrogen (secondary N) is 2. The van der Waals surface area contributed by atoms with Gasteiger partial charge < -0.3 is 25.2 Å². The van der Waals surface area contributed by atoms with E-state index in [1.54, 1.807) is 0 Å². The molecular formula is C21H28N4O2. The molecule has 27 heavy (non-hydrogen) atoms. The number of carbonyl (C=O) groups excluding carboxylic acids is 1. The first-order chi connectivity index (χ1) is 13.1. The third-order valence-electron chi connectivity index (χ3n) is 4.73. The van der Waals surface area contributed by atoms with Crippen LogP contribution >= 0.6 is 0 Å². The molecule has 2 aromatic carbocycles. The molecule has 1 saturated heterocycles. The summed E-state index contributed by atoms with van der Waals surface area (Å²) in [6, 6.07) is 15.6. The van der Waals surface area contributed by atoms with Crippen LogP contribution in [0, 0.1) is 6.92 Å². The van der Waals surface area contributed by atoms with Crippen molar-refractivity contribution in [3.8, 4) is 5.75 Å². The number of hydrogen-bond donors (Lipinski definition) is 2. The highest BCUT2D eigenvalue weighted by Crippen LogP contribution is 2.19. The average Bonchev–Trinajstić information content (AvgIpc) is 2.68. The minimum absolute atomic E-state index is 0.226. The van der Waals surface area contributed by atoms with E-state index in [4.69, 9.17) is 4.74 Å². The van der Waals surface area contributed by atoms with Crippen LogP contribution in [0.15, 0.2) is 48.5 Å². The maximum absolute atomic E-state index is 12.0. The molecule has 0 aromatic heterocycles. The molecular weight excluding hydrogens is 340 g/mol. The van der Waals surface area contributed by atoms with Crippen molar-refractivity contribution in [1.29, 1.82) is 0 Å². The molecule has 0 unspecified atom stereocenters. The number of piperazine rings is 1. The van der Waals surface area contributed by atoms with Crippen LogP contribution in [0.3, 0.4) is 0 Å². The van der Waals surface area contributed by atoms with Gasteiger partial charge in [0.1, 0.15) is 12.4 Å². The molecule has 6 nitrogen and oxygen atoms in total. The monoisotopic (exact) mass is 368 g/mol. The Morgan fingerprint density at radius 3 is 2.44 bits per heavy atom. The fraction of sp³-hybridized carbons (Fsp3) is 0.381. The Hall–Kier alpha value is -2.73. The molecule has 0 spiro atoms. The van der Waals surface area contributed by atoms with E-state index in [-0.39, 0.29) is 6.03 Å². The van der Waals surface area contributed by atoms with Gasteiger partial charge in [0, 0.05) is 37.6 Å². The summed E-state index contributed by atoms with van der Waals surface area (Å²) in [5, 5.41) is 5.67. The summed E-state index contributed by atoms with van der Waals surface area (Å²) in [5.74, 6) is 0.846. The first kappa shape index (κ1) is 19.0. The van der Waals surface area contributed by atoms with Crippen molar-refractivity contribution in [3.63, 3.8) is 0 Å². The zero-order valence-corrected chi connectivity index (χ0v) is 16.1. The molecule has 0 saturated carbocycles. The van der Waals surface area contributed by atoms with E-state index in [0.717, 1.165) is 43.2 Å². The molecule has 6 heteroatoms. The predicted octanol–water partition coefficient (Wildman–Crippen LogP) is 2.95. The van der Waals surface area contributed by atoms with Crippen molar-refractivity contribution >= 4 is 17.4 Å². The van der Waals surface area contributed by atoms with Crippen LogP contribution in [0.1, 0.15) is 5.56 Å². The fourth-order valence-corrected chi connectivity index (χ4v) is 3.04. The maximum Gasteiger partial charge on any atom is 0.319 e. The van der Waals surface area contributed by atoms with Gasteiger partial charge in [0.2, 0.25) is 0 Å². The number of aryl methyl sites for hydroxylation is 1. The second kappa shape index (κ2) is 9.28. The lowest BCUT2D eigenvalue weighted by atomic mass is 10.2. The SMILES string of the molecule is Cc1ccccc1OCCNC(=O)Nc1ccc(N2CCN(C)CC2)cc1. The van der Waals surface area contributed by atoms with Crippen LogP contribution < -0.4 is 20.3 Å².